The normalized spacial score (nSPS) is 13.6. The molecule has 3 aromatic rings. The molecule has 0 spiro atoms. The summed E-state index contributed by atoms with van der Waals surface area (Å²) in [5, 5.41) is 15.1. The molecule has 1 aliphatic heterocycles. The van der Waals surface area contributed by atoms with Crippen LogP contribution in [0, 0.1) is 11.3 Å². The number of ether oxygens (including phenoxy) is 2. The van der Waals surface area contributed by atoms with Gasteiger partial charge in [-0.2, -0.15) is 9.78 Å². The maximum absolute atomic E-state index is 12.7. The average molecular weight is 381 g/mol. The van der Waals surface area contributed by atoms with Crippen LogP contribution in [0.4, 0.5) is 11.5 Å². The lowest BCUT2D eigenvalue weighted by Gasteiger charge is -2.13. The number of fused-ring (bicyclic) bond motifs is 1. The third-order valence-electron chi connectivity index (χ3n) is 4.18. The molecular formula is C20H23N5O3. The number of aromatic nitrogens is 3. The van der Waals surface area contributed by atoms with Crippen LogP contribution in [0.25, 0.3) is 5.65 Å². The van der Waals surface area contributed by atoms with Crippen molar-refractivity contribution >= 4 is 17.2 Å². The fourth-order valence-electron chi connectivity index (χ4n) is 2.82. The lowest BCUT2D eigenvalue weighted by atomic mass is 10.1. The van der Waals surface area contributed by atoms with Gasteiger partial charge in [0, 0.05) is 11.9 Å². The van der Waals surface area contributed by atoms with Crippen molar-refractivity contribution in [2.45, 2.75) is 19.8 Å². The van der Waals surface area contributed by atoms with Crippen molar-refractivity contribution in [3.05, 3.63) is 58.0 Å². The third-order valence-corrected chi connectivity index (χ3v) is 4.18. The molecule has 1 fully saturated rings. The number of benzene rings is 1. The van der Waals surface area contributed by atoms with Gasteiger partial charge in [-0.25, -0.2) is 4.98 Å². The summed E-state index contributed by atoms with van der Waals surface area (Å²) in [5.41, 5.74) is 1.89. The molecule has 4 rings (SSSR count). The number of nitriles is 1. The molecule has 146 valence electrons. The fourth-order valence-corrected chi connectivity index (χ4v) is 2.82. The highest BCUT2D eigenvalue weighted by atomic mass is 16.6. The molecule has 0 atom stereocenters. The SMILES string of the molecule is C1COCCO1.CC(C)c1c(Nc2ccccc2)nc2c(C#N)c[nH]n2c1=O. The van der Waals surface area contributed by atoms with E-state index in [0.717, 1.165) is 32.1 Å². The first-order valence-electron chi connectivity index (χ1n) is 9.13. The number of H-pyrrole nitrogens is 1. The second-order valence-corrected chi connectivity index (χ2v) is 6.51. The Morgan fingerprint density at radius 1 is 1.18 bits per heavy atom. The number of para-hydroxylation sites is 1. The Bertz CT molecular complexity index is 1000. The zero-order chi connectivity index (χ0) is 19.9. The molecule has 2 N–H and O–H groups in total. The quantitative estimate of drug-likeness (QED) is 0.723. The molecule has 2 aromatic heterocycles. The standard InChI is InChI=1S/C16H15N5O.C4H8O2/c1-10(2)13-14(19-12-6-4-3-5-7-12)20-15-11(8-17)9-18-21(15)16(13)22;1-2-6-4-3-5-1/h3-7,9-10,18-19H,1-2H3;1-4H2. The third kappa shape index (κ3) is 4.39. The van der Waals surface area contributed by atoms with Gasteiger partial charge in [-0.3, -0.25) is 9.89 Å². The van der Waals surface area contributed by atoms with E-state index < -0.39 is 0 Å². The van der Waals surface area contributed by atoms with Crippen LogP contribution in [0.15, 0.2) is 41.3 Å². The Kier molecular flexibility index (Phi) is 6.42. The van der Waals surface area contributed by atoms with Crippen molar-refractivity contribution in [1.29, 1.82) is 5.26 Å². The zero-order valence-electron chi connectivity index (χ0n) is 15.9. The molecule has 0 aliphatic carbocycles. The second kappa shape index (κ2) is 9.17. The van der Waals surface area contributed by atoms with Gasteiger partial charge in [0.05, 0.1) is 32.0 Å². The van der Waals surface area contributed by atoms with E-state index in [4.69, 9.17) is 14.7 Å². The summed E-state index contributed by atoms with van der Waals surface area (Å²) < 4.78 is 11.2. The molecule has 1 aliphatic rings. The molecule has 0 unspecified atom stereocenters. The van der Waals surface area contributed by atoms with Crippen molar-refractivity contribution in [2.75, 3.05) is 31.7 Å². The monoisotopic (exact) mass is 381 g/mol. The van der Waals surface area contributed by atoms with Gasteiger partial charge in [-0.05, 0) is 18.1 Å². The lowest BCUT2D eigenvalue weighted by Crippen LogP contribution is -2.23. The molecule has 0 amide bonds. The fraction of sp³-hybridized carbons (Fsp3) is 0.350. The van der Waals surface area contributed by atoms with Crippen LogP contribution >= 0.6 is 0 Å². The number of rotatable bonds is 3. The number of nitrogens with one attached hydrogen (secondary N) is 2. The average Bonchev–Trinajstić information content (AvgIpc) is 3.14. The van der Waals surface area contributed by atoms with Crippen LogP contribution in [-0.4, -0.2) is 41.0 Å². The van der Waals surface area contributed by atoms with Crippen molar-refractivity contribution in [3.8, 4) is 6.07 Å². The van der Waals surface area contributed by atoms with Gasteiger partial charge in [0.2, 0.25) is 0 Å². The van der Waals surface area contributed by atoms with E-state index in [2.05, 4.69) is 15.4 Å². The summed E-state index contributed by atoms with van der Waals surface area (Å²) in [6.07, 6.45) is 1.49. The summed E-state index contributed by atoms with van der Waals surface area (Å²) in [4.78, 5) is 17.1. The molecule has 1 aromatic carbocycles. The van der Waals surface area contributed by atoms with Crippen LogP contribution in [0.1, 0.15) is 30.9 Å². The first-order chi connectivity index (χ1) is 13.6. The van der Waals surface area contributed by atoms with Crippen LogP contribution < -0.4 is 10.9 Å². The van der Waals surface area contributed by atoms with Gasteiger partial charge in [0.25, 0.3) is 5.56 Å². The largest absolute Gasteiger partial charge is 0.377 e. The van der Waals surface area contributed by atoms with E-state index in [1.165, 1.54) is 10.7 Å². The predicted molar refractivity (Wildman–Crippen MR) is 106 cm³/mol. The zero-order valence-corrected chi connectivity index (χ0v) is 15.9. The van der Waals surface area contributed by atoms with Crippen LogP contribution in [0.2, 0.25) is 0 Å². The molecule has 1 saturated heterocycles. The van der Waals surface area contributed by atoms with Gasteiger partial charge in [-0.15, -0.1) is 0 Å². The molecule has 0 bridgehead atoms. The Morgan fingerprint density at radius 2 is 1.82 bits per heavy atom. The molecular weight excluding hydrogens is 358 g/mol. The van der Waals surface area contributed by atoms with Gasteiger partial charge in [0.15, 0.2) is 5.65 Å². The Morgan fingerprint density at radius 3 is 2.36 bits per heavy atom. The van der Waals surface area contributed by atoms with E-state index in [1.807, 2.05) is 50.2 Å². The number of aromatic amines is 1. The minimum Gasteiger partial charge on any atom is -0.377 e. The summed E-state index contributed by atoms with van der Waals surface area (Å²) >= 11 is 0. The van der Waals surface area contributed by atoms with Crippen LogP contribution in [0.3, 0.4) is 0 Å². The maximum atomic E-state index is 12.7. The highest BCUT2D eigenvalue weighted by Gasteiger charge is 2.18. The van der Waals surface area contributed by atoms with Crippen molar-refractivity contribution in [2.24, 2.45) is 0 Å². The number of hydrogen-bond donors (Lipinski definition) is 2. The molecule has 28 heavy (non-hydrogen) atoms. The van der Waals surface area contributed by atoms with Gasteiger partial charge in [0.1, 0.15) is 17.5 Å². The van der Waals surface area contributed by atoms with E-state index >= 15 is 0 Å². The van der Waals surface area contributed by atoms with Crippen molar-refractivity contribution < 1.29 is 9.47 Å². The topological polar surface area (TPSA) is 104 Å². The maximum Gasteiger partial charge on any atom is 0.278 e. The summed E-state index contributed by atoms with van der Waals surface area (Å²) in [6.45, 7) is 6.99. The van der Waals surface area contributed by atoms with Gasteiger partial charge >= 0.3 is 0 Å². The molecule has 3 heterocycles. The van der Waals surface area contributed by atoms with E-state index in [1.54, 1.807) is 0 Å². The van der Waals surface area contributed by atoms with E-state index in [9.17, 15) is 4.79 Å². The number of hydrogen-bond acceptors (Lipinski definition) is 6. The Hall–Kier alpha value is -3.15. The summed E-state index contributed by atoms with van der Waals surface area (Å²) in [6, 6.07) is 11.6. The highest BCUT2D eigenvalue weighted by Crippen LogP contribution is 2.23. The highest BCUT2D eigenvalue weighted by molar-refractivity contribution is 5.65. The van der Waals surface area contributed by atoms with Crippen molar-refractivity contribution in [3.63, 3.8) is 0 Å². The number of nitrogens with zero attached hydrogens (tertiary/aromatic N) is 3. The van der Waals surface area contributed by atoms with E-state index in [-0.39, 0.29) is 11.5 Å². The molecule has 8 heteroatoms. The summed E-state index contributed by atoms with van der Waals surface area (Å²) in [5.74, 6) is 0.485. The second-order valence-electron chi connectivity index (χ2n) is 6.51. The minimum absolute atomic E-state index is 0.00283. The summed E-state index contributed by atoms with van der Waals surface area (Å²) in [7, 11) is 0. The van der Waals surface area contributed by atoms with E-state index in [0.29, 0.717) is 22.6 Å². The minimum atomic E-state index is -0.195. The lowest BCUT2D eigenvalue weighted by molar-refractivity contribution is -0.0334. The predicted octanol–water partition coefficient (Wildman–Crippen LogP) is 2.79. The molecule has 0 radical (unpaired) electrons. The first-order valence-corrected chi connectivity index (χ1v) is 9.13. The number of anilines is 2. The van der Waals surface area contributed by atoms with Crippen LogP contribution in [-0.2, 0) is 9.47 Å². The smallest absolute Gasteiger partial charge is 0.278 e. The van der Waals surface area contributed by atoms with Crippen LogP contribution in [0.5, 0.6) is 0 Å². The van der Waals surface area contributed by atoms with Crippen molar-refractivity contribution in [1.82, 2.24) is 14.6 Å². The Labute approximate surface area is 162 Å². The Balaban J connectivity index is 0.000000320. The van der Waals surface area contributed by atoms with Gasteiger partial charge < -0.3 is 14.8 Å². The first kappa shape index (κ1) is 19.6. The molecule has 8 nitrogen and oxygen atoms in total. The van der Waals surface area contributed by atoms with Gasteiger partial charge in [-0.1, -0.05) is 32.0 Å². The molecule has 0 saturated carbocycles.